The lowest BCUT2D eigenvalue weighted by atomic mass is 10.1. The van der Waals surface area contributed by atoms with Crippen LogP contribution in [0.5, 0.6) is 0 Å². The average Bonchev–Trinajstić information content (AvgIpc) is 2.49. The molecule has 0 aliphatic rings. The number of hydrogen-bond donors (Lipinski definition) is 1. The van der Waals surface area contributed by atoms with Crippen molar-refractivity contribution >= 4 is 10.1 Å². The van der Waals surface area contributed by atoms with Crippen molar-refractivity contribution in [1.29, 1.82) is 0 Å². The normalized spacial score (nSPS) is 12.6. The molecule has 108 valence electrons. The largest absolute Gasteiger partial charge is 0.267 e. The predicted molar refractivity (Wildman–Crippen MR) is 87.6 cm³/mol. The fraction of sp³-hybridized carbons (Fsp3) is 0.294. The Morgan fingerprint density at radius 2 is 1.45 bits per heavy atom. The molecule has 0 atom stereocenters. The first-order chi connectivity index (χ1) is 9.63. The van der Waals surface area contributed by atoms with E-state index < -0.39 is 10.1 Å². The van der Waals surface area contributed by atoms with Crippen LogP contribution in [0, 0.1) is 0 Å². The number of thiol groups is 1. The Hall–Kier alpha value is -1.45. The van der Waals surface area contributed by atoms with E-state index in [-0.39, 0.29) is 0 Å². The molecule has 0 saturated heterocycles. The molecule has 0 spiro atoms. The van der Waals surface area contributed by atoms with Crippen LogP contribution in [0.2, 0.25) is 0 Å². The third-order valence-electron chi connectivity index (χ3n) is 3.58. The second kappa shape index (κ2) is 6.82. The van der Waals surface area contributed by atoms with E-state index in [4.69, 9.17) is 0 Å². The van der Waals surface area contributed by atoms with Gasteiger partial charge in [0.1, 0.15) is 0 Å². The first-order valence-corrected chi connectivity index (χ1v) is 8.84. The molecule has 0 aliphatic carbocycles. The lowest BCUT2D eigenvalue weighted by molar-refractivity contribution is 0.578. The molecule has 2 nitrogen and oxygen atoms in total. The van der Waals surface area contributed by atoms with Gasteiger partial charge in [0.05, 0.1) is 0 Å². The fourth-order valence-corrected chi connectivity index (χ4v) is 4.71. The van der Waals surface area contributed by atoms with E-state index in [9.17, 15) is 4.21 Å². The van der Waals surface area contributed by atoms with E-state index in [2.05, 4.69) is 24.3 Å². The minimum atomic E-state index is -2.45. The number of rotatable bonds is 6. The van der Waals surface area contributed by atoms with E-state index in [0.717, 1.165) is 23.5 Å². The van der Waals surface area contributed by atoms with E-state index in [1.807, 2.05) is 54.8 Å². The smallest absolute Gasteiger partial charge is 0.0272 e. The van der Waals surface area contributed by atoms with Crippen molar-refractivity contribution in [3.63, 3.8) is 0 Å². The zero-order chi connectivity index (χ0) is 14.4. The Morgan fingerprint density at radius 1 is 0.900 bits per heavy atom. The Balaban J connectivity index is 2.05. The predicted octanol–water partition coefficient (Wildman–Crippen LogP) is 3.17. The summed E-state index contributed by atoms with van der Waals surface area (Å²) in [7, 11) is 1.38. The van der Waals surface area contributed by atoms with Crippen molar-refractivity contribution in [2.24, 2.45) is 0 Å². The van der Waals surface area contributed by atoms with Crippen molar-refractivity contribution in [2.45, 2.75) is 17.7 Å². The first kappa shape index (κ1) is 14.9. The highest BCUT2D eigenvalue weighted by atomic mass is 32.3. The van der Waals surface area contributed by atoms with Gasteiger partial charge in [0.15, 0.2) is 0 Å². The summed E-state index contributed by atoms with van der Waals surface area (Å²) in [6, 6.07) is 20.2. The summed E-state index contributed by atoms with van der Waals surface area (Å²) >= 11 is 0. The maximum atomic E-state index is 13.2. The number of nitrogens with zero attached hydrogens (tertiary/aromatic N) is 1. The van der Waals surface area contributed by atoms with Gasteiger partial charge in [-0.2, -0.15) is 0 Å². The van der Waals surface area contributed by atoms with Crippen LogP contribution >= 0.6 is 0 Å². The van der Waals surface area contributed by atoms with E-state index >= 15 is 0 Å². The van der Waals surface area contributed by atoms with Crippen molar-refractivity contribution in [1.82, 2.24) is 4.31 Å². The molecule has 0 fully saturated rings. The van der Waals surface area contributed by atoms with Crippen LogP contribution in [0.3, 0.4) is 0 Å². The third kappa shape index (κ3) is 3.56. The molecule has 2 aromatic rings. The van der Waals surface area contributed by atoms with Crippen LogP contribution < -0.4 is 0 Å². The molecule has 0 aromatic heterocycles. The van der Waals surface area contributed by atoms with Crippen molar-refractivity contribution in [3.8, 4) is 0 Å². The summed E-state index contributed by atoms with van der Waals surface area (Å²) in [5, 5.41) is 0. The summed E-state index contributed by atoms with van der Waals surface area (Å²) in [6.07, 6.45) is 1.92. The van der Waals surface area contributed by atoms with Gasteiger partial charge in [-0.3, -0.25) is 4.21 Å². The Morgan fingerprint density at radius 3 is 2.00 bits per heavy atom. The first-order valence-electron chi connectivity index (χ1n) is 6.99. The molecule has 0 bridgehead atoms. The number of benzene rings is 2. The highest BCUT2D eigenvalue weighted by Crippen LogP contribution is 2.22. The molecule has 2 aromatic carbocycles. The van der Waals surface area contributed by atoms with Crippen molar-refractivity contribution in [2.75, 3.05) is 19.8 Å². The summed E-state index contributed by atoms with van der Waals surface area (Å²) in [6.45, 7) is 0. The van der Waals surface area contributed by atoms with E-state index in [1.54, 1.807) is 0 Å². The molecular weight excluding hydrogens is 266 g/mol. The molecule has 2 rings (SSSR count). The van der Waals surface area contributed by atoms with Crippen molar-refractivity contribution < 1.29 is 4.21 Å². The molecular formula is C17H23NOS. The maximum absolute atomic E-state index is 13.2. The summed E-state index contributed by atoms with van der Waals surface area (Å²) in [4.78, 5) is 0.957. The van der Waals surface area contributed by atoms with Gasteiger partial charge in [-0.15, -0.1) is 0 Å². The zero-order valence-corrected chi connectivity index (χ0v) is 13.1. The molecule has 0 aliphatic heterocycles. The lowest BCUT2D eigenvalue weighted by Gasteiger charge is -2.31. The fourth-order valence-electron chi connectivity index (χ4n) is 2.36. The van der Waals surface area contributed by atoms with Crippen LogP contribution in [0.4, 0.5) is 0 Å². The highest BCUT2D eigenvalue weighted by Gasteiger charge is 2.19. The second-order valence-corrected chi connectivity index (χ2v) is 8.36. The van der Waals surface area contributed by atoms with Gasteiger partial charge >= 0.3 is 0 Å². The maximum Gasteiger partial charge on any atom is 0.0272 e. The average molecular weight is 289 g/mol. The van der Waals surface area contributed by atoms with Crippen LogP contribution in [-0.4, -0.2) is 28.4 Å². The summed E-state index contributed by atoms with van der Waals surface area (Å²) < 4.78 is 15.1. The van der Waals surface area contributed by atoms with E-state index in [1.165, 1.54) is 5.56 Å². The minimum Gasteiger partial charge on any atom is -0.267 e. The highest BCUT2D eigenvalue weighted by molar-refractivity contribution is 8.00. The van der Waals surface area contributed by atoms with Gasteiger partial charge in [-0.25, -0.2) is 4.31 Å². The van der Waals surface area contributed by atoms with Gasteiger partial charge in [-0.05, 0) is 54.8 Å². The van der Waals surface area contributed by atoms with Crippen LogP contribution in [0.25, 0.3) is 0 Å². The molecule has 0 N–H and O–H groups in total. The third-order valence-corrected chi connectivity index (χ3v) is 6.90. The lowest BCUT2D eigenvalue weighted by Crippen LogP contribution is -2.33. The molecule has 0 heterocycles. The molecule has 0 amide bonds. The standard InChI is InChI=1S/C17H23NOS/c1-18(2)20(19,17-13-7-4-8-14-17)15-9-12-16-10-5-3-6-11-16/h3-8,10-11,13-14,20H,9,12,15H2,1-2H3. The quantitative estimate of drug-likeness (QED) is 0.810. The van der Waals surface area contributed by atoms with Crippen LogP contribution in [0.1, 0.15) is 12.0 Å². The van der Waals surface area contributed by atoms with Gasteiger partial charge in [0, 0.05) is 10.6 Å². The van der Waals surface area contributed by atoms with Gasteiger partial charge in [0.25, 0.3) is 0 Å². The summed E-state index contributed by atoms with van der Waals surface area (Å²) in [5.41, 5.74) is 1.31. The monoisotopic (exact) mass is 289 g/mol. The molecule has 0 saturated carbocycles. The molecule has 0 radical (unpaired) electrons. The second-order valence-electron chi connectivity index (χ2n) is 5.20. The van der Waals surface area contributed by atoms with Crippen LogP contribution in [-0.2, 0) is 16.5 Å². The Bertz CT molecular complexity index is 566. The number of hydrogen-bond acceptors (Lipinski definition) is 1. The molecule has 20 heavy (non-hydrogen) atoms. The molecule has 0 unspecified atom stereocenters. The van der Waals surface area contributed by atoms with Gasteiger partial charge in [-0.1, -0.05) is 48.5 Å². The summed E-state index contributed by atoms with van der Waals surface area (Å²) in [5.74, 6) is 0.721. The Labute approximate surface area is 123 Å². The van der Waals surface area contributed by atoms with Crippen LogP contribution in [0.15, 0.2) is 65.6 Å². The number of aryl methyl sites for hydroxylation is 1. The Kier molecular flexibility index (Phi) is 5.10. The minimum absolute atomic E-state index is 0.721. The van der Waals surface area contributed by atoms with Crippen molar-refractivity contribution in [3.05, 3.63) is 66.2 Å². The SMILES string of the molecule is CN(C)[SH](=O)(CCCc1ccccc1)c1ccccc1. The van der Waals surface area contributed by atoms with Gasteiger partial charge in [0.2, 0.25) is 0 Å². The molecule has 3 heteroatoms. The van der Waals surface area contributed by atoms with Gasteiger partial charge < -0.3 is 0 Å². The topological polar surface area (TPSA) is 20.3 Å². The van der Waals surface area contributed by atoms with E-state index in [0.29, 0.717) is 0 Å². The zero-order valence-electron chi connectivity index (χ0n) is 12.2.